The first-order chi connectivity index (χ1) is 12.6. The van der Waals surface area contributed by atoms with Gasteiger partial charge < -0.3 is 14.2 Å². The maximum Gasteiger partial charge on any atom is 0.412 e. The normalized spacial score (nSPS) is 11.3. The summed E-state index contributed by atoms with van der Waals surface area (Å²) >= 11 is 0. The maximum absolute atomic E-state index is 12.0. The van der Waals surface area contributed by atoms with Crippen molar-refractivity contribution in [2.45, 2.75) is 39.4 Å². The lowest BCUT2D eigenvalue weighted by Crippen LogP contribution is -2.30. The number of allylic oxidation sites excluding steroid dienone is 1. The second kappa shape index (κ2) is 10.1. The molecule has 1 N–H and O–H groups in total. The van der Waals surface area contributed by atoms with Gasteiger partial charge in [0.2, 0.25) is 0 Å². The summed E-state index contributed by atoms with van der Waals surface area (Å²) in [5.74, 6) is -2.43. The molecule has 0 fully saturated rings. The van der Waals surface area contributed by atoms with E-state index in [0.717, 1.165) is 18.7 Å². The average Bonchev–Trinajstić information content (AvgIpc) is 2.57. The van der Waals surface area contributed by atoms with Crippen LogP contribution in [0.3, 0.4) is 0 Å². The van der Waals surface area contributed by atoms with E-state index in [2.05, 4.69) is 10.1 Å². The molecule has 1 rings (SSSR count). The number of methoxy groups -OCH3 is 1. The van der Waals surface area contributed by atoms with E-state index in [-0.39, 0.29) is 6.61 Å². The maximum atomic E-state index is 12.0. The third-order valence-electron chi connectivity index (χ3n) is 2.90. The van der Waals surface area contributed by atoms with Crippen molar-refractivity contribution in [3.63, 3.8) is 0 Å². The predicted octanol–water partition coefficient (Wildman–Crippen LogP) is 2.27. The smallest absolute Gasteiger partial charge is 0.412 e. The Morgan fingerprint density at radius 1 is 1.07 bits per heavy atom. The minimum absolute atomic E-state index is 0.0209. The van der Waals surface area contributed by atoms with Crippen molar-refractivity contribution < 1.29 is 33.4 Å². The number of hydrogen-bond acceptors (Lipinski definition) is 7. The van der Waals surface area contributed by atoms with Crippen molar-refractivity contribution in [3.8, 4) is 0 Å². The highest BCUT2D eigenvalue weighted by Crippen LogP contribution is 2.09. The number of benzene rings is 1. The van der Waals surface area contributed by atoms with Gasteiger partial charge in [0.15, 0.2) is 5.78 Å². The van der Waals surface area contributed by atoms with E-state index in [1.54, 1.807) is 45.0 Å². The second-order valence-electron chi connectivity index (χ2n) is 6.47. The molecule has 1 amide bonds. The lowest BCUT2D eigenvalue weighted by Gasteiger charge is -2.18. The Hall–Kier alpha value is -3.16. The number of esters is 2. The van der Waals surface area contributed by atoms with Crippen LogP contribution in [0.2, 0.25) is 0 Å². The highest BCUT2D eigenvalue weighted by atomic mass is 16.6. The molecule has 0 unspecified atom stereocenters. The molecule has 0 aliphatic rings. The monoisotopic (exact) mass is 377 g/mol. The average molecular weight is 377 g/mol. The first-order valence-corrected chi connectivity index (χ1v) is 8.13. The van der Waals surface area contributed by atoms with Crippen molar-refractivity contribution in [2.75, 3.05) is 7.11 Å². The molecule has 1 aromatic rings. The van der Waals surface area contributed by atoms with Crippen molar-refractivity contribution in [1.82, 2.24) is 5.32 Å². The van der Waals surface area contributed by atoms with E-state index in [9.17, 15) is 19.2 Å². The molecule has 0 aromatic heterocycles. The van der Waals surface area contributed by atoms with Gasteiger partial charge in [-0.3, -0.25) is 14.9 Å². The zero-order valence-corrected chi connectivity index (χ0v) is 15.7. The van der Waals surface area contributed by atoms with Gasteiger partial charge in [-0.2, -0.15) is 0 Å². The standard InChI is InChI=1S/C19H23NO7/c1-19(2,3)27-16(22)11-14(21)10-15(17(23)25-4)20-18(24)26-12-13-8-6-5-7-9-13/h5-10H,11-12H2,1-4H3,(H,20,24)/b15-10+. The molecule has 0 bridgehead atoms. The lowest BCUT2D eigenvalue weighted by atomic mass is 10.2. The SMILES string of the molecule is COC(=O)/C(=C\C(=O)CC(=O)OC(C)(C)C)NC(=O)OCc1ccccc1. The number of nitrogens with one attached hydrogen (secondary N) is 1. The summed E-state index contributed by atoms with van der Waals surface area (Å²) in [5, 5.41) is 2.14. The fraction of sp³-hybridized carbons (Fsp3) is 0.368. The molecule has 8 nitrogen and oxygen atoms in total. The van der Waals surface area contributed by atoms with Gasteiger partial charge in [0.05, 0.1) is 7.11 Å². The third-order valence-corrected chi connectivity index (χ3v) is 2.90. The molecule has 146 valence electrons. The molecule has 0 saturated carbocycles. The number of amides is 1. The topological polar surface area (TPSA) is 108 Å². The molecule has 0 atom stereocenters. The molecule has 0 saturated heterocycles. The number of carbonyl (C=O) groups excluding carboxylic acids is 4. The summed E-state index contributed by atoms with van der Waals surface area (Å²) in [6, 6.07) is 8.90. The van der Waals surface area contributed by atoms with E-state index in [1.165, 1.54) is 0 Å². The van der Waals surface area contributed by atoms with E-state index in [0.29, 0.717) is 0 Å². The van der Waals surface area contributed by atoms with Gasteiger partial charge in [-0.15, -0.1) is 0 Å². The summed E-state index contributed by atoms with van der Waals surface area (Å²) in [5.41, 5.74) is -0.437. The van der Waals surface area contributed by atoms with Crippen LogP contribution in [0.5, 0.6) is 0 Å². The molecule has 0 spiro atoms. The number of hydrogen-bond donors (Lipinski definition) is 1. The number of ether oxygens (including phenoxy) is 3. The summed E-state index contributed by atoms with van der Waals surface area (Å²) in [4.78, 5) is 47.2. The Kier molecular flexibility index (Phi) is 8.19. The van der Waals surface area contributed by atoms with Crippen LogP contribution in [0.4, 0.5) is 4.79 Å². The van der Waals surface area contributed by atoms with Crippen molar-refractivity contribution in [2.24, 2.45) is 0 Å². The largest absolute Gasteiger partial charge is 0.464 e. The minimum Gasteiger partial charge on any atom is -0.464 e. The molecular formula is C19H23NO7. The molecule has 27 heavy (non-hydrogen) atoms. The Morgan fingerprint density at radius 2 is 1.70 bits per heavy atom. The zero-order chi connectivity index (χ0) is 20.4. The Labute approximate surface area is 157 Å². The summed E-state index contributed by atoms with van der Waals surface area (Å²) in [6.45, 7) is 4.97. The van der Waals surface area contributed by atoms with Crippen LogP contribution >= 0.6 is 0 Å². The van der Waals surface area contributed by atoms with Gasteiger partial charge in [0, 0.05) is 6.08 Å². The fourth-order valence-corrected chi connectivity index (χ4v) is 1.86. The molecule has 0 aliphatic heterocycles. The van der Waals surface area contributed by atoms with Crippen LogP contribution in [0.15, 0.2) is 42.1 Å². The third kappa shape index (κ3) is 9.20. The van der Waals surface area contributed by atoms with Gasteiger partial charge in [-0.05, 0) is 26.3 Å². The van der Waals surface area contributed by atoms with E-state index in [4.69, 9.17) is 9.47 Å². The van der Waals surface area contributed by atoms with E-state index in [1.807, 2.05) is 6.07 Å². The zero-order valence-electron chi connectivity index (χ0n) is 15.7. The van der Waals surface area contributed by atoms with Crippen molar-refractivity contribution in [3.05, 3.63) is 47.7 Å². The summed E-state index contributed by atoms with van der Waals surface area (Å²) in [6.07, 6.45) is -0.724. The number of alkyl carbamates (subject to hydrolysis) is 1. The molecule has 0 aliphatic carbocycles. The van der Waals surface area contributed by atoms with Gasteiger partial charge in [0.1, 0.15) is 24.3 Å². The van der Waals surface area contributed by atoms with Crippen LogP contribution in [0.25, 0.3) is 0 Å². The van der Waals surface area contributed by atoms with Crippen LogP contribution in [0.1, 0.15) is 32.8 Å². The Morgan fingerprint density at radius 3 is 2.26 bits per heavy atom. The van der Waals surface area contributed by atoms with Crippen LogP contribution in [0, 0.1) is 0 Å². The summed E-state index contributed by atoms with van der Waals surface area (Å²) in [7, 11) is 1.09. The Bertz CT molecular complexity index is 717. The van der Waals surface area contributed by atoms with Crippen LogP contribution in [-0.2, 0) is 35.2 Å². The van der Waals surface area contributed by atoms with Crippen molar-refractivity contribution >= 4 is 23.8 Å². The first kappa shape index (κ1) is 21.9. The highest BCUT2D eigenvalue weighted by molar-refractivity contribution is 6.06. The van der Waals surface area contributed by atoms with Gasteiger partial charge in [0.25, 0.3) is 0 Å². The van der Waals surface area contributed by atoms with Gasteiger partial charge in [-0.25, -0.2) is 9.59 Å². The van der Waals surface area contributed by atoms with Crippen LogP contribution in [-0.4, -0.2) is 36.5 Å². The fourth-order valence-electron chi connectivity index (χ4n) is 1.86. The molecule has 8 heteroatoms. The second-order valence-corrected chi connectivity index (χ2v) is 6.47. The van der Waals surface area contributed by atoms with Crippen LogP contribution < -0.4 is 5.32 Å². The minimum atomic E-state index is -0.954. The lowest BCUT2D eigenvalue weighted by molar-refractivity contribution is -0.155. The highest BCUT2D eigenvalue weighted by Gasteiger charge is 2.21. The number of carbonyl (C=O) groups is 4. The van der Waals surface area contributed by atoms with E-state index < -0.39 is 41.5 Å². The molecule has 0 heterocycles. The number of rotatable bonds is 7. The molecular weight excluding hydrogens is 354 g/mol. The van der Waals surface area contributed by atoms with Crippen molar-refractivity contribution in [1.29, 1.82) is 0 Å². The summed E-state index contributed by atoms with van der Waals surface area (Å²) < 4.78 is 14.5. The molecule has 0 radical (unpaired) electrons. The number of ketones is 1. The quantitative estimate of drug-likeness (QED) is 0.336. The van der Waals surface area contributed by atoms with E-state index >= 15 is 0 Å². The van der Waals surface area contributed by atoms with Gasteiger partial charge in [-0.1, -0.05) is 30.3 Å². The predicted molar refractivity (Wildman–Crippen MR) is 95.3 cm³/mol. The molecule has 1 aromatic carbocycles. The van der Waals surface area contributed by atoms with Gasteiger partial charge >= 0.3 is 18.0 Å². The Balaban J connectivity index is 2.69. The first-order valence-electron chi connectivity index (χ1n) is 8.13.